The van der Waals surface area contributed by atoms with Gasteiger partial charge in [0.25, 0.3) is 23.6 Å². The fourth-order valence-electron chi connectivity index (χ4n) is 5.91. The van der Waals surface area contributed by atoms with Crippen molar-refractivity contribution in [1.82, 2.24) is 0 Å². The molecular formula is C44H36Cl6N8O6. The number of aryl methyl sites for hydroxylation is 2. The van der Waals surface area contributed by atoms with Gasteiger partial charge >= 0.3 is 0 Å². The Morgan fingerprint density at radius 2 is 0.891 bits per heavy atom. The smallest absolute Gasteiger partial charge is 0.258 e. The Kier molecular flexibility index (Phi) is 17.1. The zero-order chi connectivity index (χ0) is 46.8. The fourth-order valence-corrected chi connectivity index (χ4v) is 6.99. The maximum atomic E-state index is 13.6. The van der Waals surface area contributed by atoms with Crippen molar-refractivity contribution in [3.05, 3.63) is 137 Å². The third-order valence-electron chi connectivity index (χ3n) is 9.17. The molecule has 4 N–H and O–H groups in total. The van der Waals surface area contributed by atoms with E-state index in [-0.39, 0.29) is 54.0 Å². The molecule has 0 spiro atoms. The normalized spacial score (nSPS) is 12.2. The lowest BCUT2D eigenvalue weighted by molar-refractivity contribution is -0.127. The van der Waals surface area contributed by atoms with E-state index in [1.54, 1.807) is 24.3 Å². The summed E-state index contributed by atoms with van der Waals surface area (Å²) >= 11 is 37.1. The molecule has 5 aromatic carbocycles. The van der Waals surface area contributed by atoms with Crippen LogP contribution in [0.4, 0.5) is 34.1 Å². The van der Waals surface area contributed by atoms with Gasteiger partial charge in [-0.15, -0.1) is 0 Å². The third kappa shape index (κ3) is 12.7. The first-order chi connectivity index (χ1) is 30.4. The van der Waals surface area contributed by atoms with E-state index < -0.39 is 47.3 Å². The van der Waals surface area contributed by atoms with E-state index in [0.29, 0.717) is 45.4 Å². The number of ketones is 2. The predicted molar refractivity (Wildman–Crippen MR) is 252 cm³/mol. The Labute approximate surface area is 397 Å². The number of carbonyl (C=O) groups excluding carboxylic acids is 6. The number of nitrogens with one attached hydrogen (secondary N) is 4. The summed E-state index contributed by atoms with van der Waals surface area (Å²) in [5.41, 5.74) is 2.64. The van der Waals surface area contributed by atoms with Crippen molar-refractivity contribution in [2.75, 3.05) is 21.3 Å². The first kappa shape index (κ1) is 49.3. The van der Waals surface area contributed by atoms with Gasteiger partial charge in [0.1, 0.15) is 0 Å². The molecule has 4 amide bonds. The second-order valence-electron chi connectivity index (χ2n) is 13.8. The molecule has 64 heavy (non-hydrogen) atoms. The number of halogens is 6. The summed E-state index contributed by atoms with van der Waals surface area (Å²) in [5, 5.41) is 28.3. The van der Waals surface area contributed by atoms with E-state index in [9.17, 15) is 28.8 Å². The molecule has 14 nitrogen and oxygen atoms in total. The van der Waals surface area contributed by atoms with Crippen LogP contribution in [0, 0.1) is 0 Å². The van der Waals surface area contributed by atoms with Gasteiger partial charge in [0.05, 0.1) is 54.0 Å². The molecule has 2 unspecified atom stereocenters. The van der Waals surface area contributed by atoms with Crippen LogP contribution in [0.25, 0.3) is 0 Å². The van der Waals surface area contributed by atoms with Gasteiger partial charge in [0.2, 0.25) is 12.1 Å². The van der Waals surface area contributed by atoms with Crippen LogP contribution in [0.5, 0.6) is 0 Å². The van der Waals surface area contributed by atoms with Crippen LogP contribution >= 0.6 is 69.6 Å². The van der Waals surface area contributed by atoms with Crippen molar-refractivity contribution in [3.8, 4) is 0 Å². The molecule has 5 rings (SSSR count). The number of azo groups is 2. The minimum atomic E-state index is -1.58. The van der Waals surface area contributed by atoms with Crippen LogP contribution in [-0.4, -0.2) is 47.3 Å². The molecule has 0 aliphatic rings. The Balaban J connectivity index is 1.31. The van der Waals surface area contributed by atoms with E-state index >= 15 is 0 Å². The van der Waals surface area contributed by atoms with Gasteiger partial charge in [-0.25, -0.2) is 0 Å². The van der Waals surface area contributed by atoms with Gasteiger partial charge in [-0.2, -0.15) is 20.5 Å². The SMILES string of the molecule is CCc1cc(NC(=O)C(N=Nc2ccc(Cl)c(C(=O)Nc3cc(Cl)ccc3Cl)c2)C(C)=O)cc(CC)c1NC(=O)C(N=Nc1ccc(Cl)c(C(=O)Nc2cc(Cl)ccc2Cl)c1)C(C)=O. The Hall–Kier alpha value is -5.74. The van der Waals surface area contributed by atoms with E-state index in [0.717, 1.165) is 0 Å². The third-order valence-corrected chi connectivity index (χ3v) is 11.0. The number of amides is 4. The van der Waals surface area contributed by atoms with Gasteiger partial charge in [-0.3, -0.25) is 28.8 Å². The number of rotatable bonds is 16. The van der Waals surface area contributed by atoms with Crippen molar-refractivity contribution >= 4 is 139 Å². The molecule has 0 radical (unpaired) electrons. The monoisotopic (exact) mass is 982 g/mol. The fraction of sp³-hybridized carbons (Fsp3) is 0.182. The molecule has 0 saturated heterocycles. The Morgan fingerprint density at radius 1 is 0.500 bits per heavy atom. The van der Waals surface area contributed by atoms with Crippen molar-refractivity contribution < 1.29 is 28.8 Å². The number of hydrogen-bond acceptors (Lipinski definition) is 10. The molecule has 5 aromatic rings. The standard InChI is InChI=1S/C44H36Cl6N8O6/c1-5-23-15-29(51-43(63)38(21(3)59)57-55-27-9-13-32(47)30(19-27)41(61)52-36-17-25(45)7-11-34(36)49)16-24(6-2)40(23)54-44(64)39(22(4)60)58-56-28-10-14-33(48)31(20-28)42(62)53-37-18-26(46)8-12-35(37)50/h7-20,38-39H,5-6H2,1-4H3,(H,51,63)(H,52,61)(H,53,62)(H,54,64). The summed E-state index contributed by atoms with van der Waals surface area (Å²) in [6, 6.07) is 17.6. The minimum Gasteiger partial charge on any atom is -0.324 e. The van der Waals surface area contributed by atoms with Crippen molar-refractivity contribution in [2.45, 2.75) is 52.6 Å². The topological polar surface area (TPSA) is 200 Å². The maximum absolute atomic E-state index is 13.6. The number of Topliss-reactive ketones (excluding diaryl/α,β-unsaturated/α-hetero) is 2. The largest absolute Gasteiger partial charge is 0.324 e. The van der Waals surface area contributed by atoms with Gasteiger partial charge < -0.3 is 21.3 Å². The molecule has 20 heteroatoms. The Bertz CT molecular complexity index is 2720. The van der Waals surface area contributed by atoms with Gasteiger partial charge in [-0.05, 0) is 123 Å². The van der Waals surface area contributed by atoms with Crippen LogP contribution in [0.1, 0.15) is 59.5 Å². The molecule has 330 valence electrons. The minimum absolute atomic E-state index is 0.0147. The molecule has 0 aliphatic heterocycles. The Morgan fingerprint density at radius 3 is 1.28 bits per heavy atom. The van der Waals surface area contributed by atoms with Gasteiger partial charge in [0, 0.05) is 21.4 Å². The van der Waals surface area contributed by atoms with Crippen molar-refractivity contribution in [3.63, 3.8) is 0 Å². The maximum Gasteiger partial charge on any atom is 0.258 e. The van der Waals surface area contributed by atoms with E-state index in [1.807, 2.05) is 13.8 Å². The molecule has 0 saturated carbocycles. The second kappa shape index (κ2) is 22.2. The van der Waals surface area contributed by atoms with E-state index in [4.69, 9.17) is 69.6 Å². The lowest BCUT2D eigenvalue weighted by atomic mass is 10.0. The summed E-state index contributed by atoms with van der Waals surface area (Å²) < 4.78 is 0. The quantitative estimate of drug-likeness (QED) is 0.0560. The molecular weight excluding hydrogens is 949 g/mol. The van der Waals surface area contributed by atoms with Crippen molar-refractivity contribution in [2.24, 2.45) is 20.5 Å². The highest BCUT2D eigenvalue weighted by Gasteiger charge is 2.27. The average Bonchev–Trinajstić information content (AvgIpc) is 3.24. The van der Waals surface area contributed by atoms with Crippen LogP contribution in [0.2, 0.25) is 30.1 Å². The molecule has 2 atom stereocenters. The van der Waals surface area contributed by atoms with E-state index in [1.165, 1.54) is 74.5 Å². The molecule has 0 fully saturated rings. The lowest BCUT2D eigenvalue weighted by Crippen LogP contribution is -2.33. The highest BCUT2D eigenvalue weighted by atomic mass is 35.5. The average molecular weight is 986 g/mol. The molecule has 0 aromatic heterocycles. The molecule has 0 bridgehead atoms. The van der Waals surface area contributed by atoms with Gasteiger partial charge in [-0.1, -0.05) is 83.5 Å². The summed E-state index contributed by atoms with van der Waals surface area (Å²) in [7, 11) is 0. The second-order valence-corrected chi connectivity index (χ2v) is 16.3. The zero-order valence-corrected chi connectivity index (χ0v) is 38.7. The summed E-state index contributed by atoms with van der Waals surface area (Å²) in [4.78, 5) is 78.7. The zero-order valence-electron chi connectivity index (χ0n) is 34.2. The summed E-state index contributed by atoms with van der Waals surface area (Å²) in [5.74, 6) is -4.06. The summed E-state index contributed by atoms with van der Waals surface area (Å²) in [6.45, 7) is 6.01. The molecule has 0 heterocycles. The van der Waals surface area contributed by atoms with Crippen LogP contribution in [0.15, 0.2) is 105 Å². The number of anilines is 4. The number of benzene rings is 5. The highest BCUT2D eigenvalue weighted by molar-refractivity contribution is 6.38. The van der Waals surface area contributed by atoms with Crippen LogP contribution in [-0.2, 0) is 32.0 Å². The van der Waals surface area contributed by atoms with Crippen molar-refractivity contribution in [1.29, 1.82) is 0 Å². The summed E-state index contributed by atoms with van der Waals surface area (Å²) in [6.07, 6.45) is 0.751. The highest BCUT2D eigenvalue weighted by Crippen LogP contribution is 2.32. The van der Waals surface area contributed by atoms with E-state index in [2.05, 4.69) is 41.7 Å². The lowest BCUT2D eigenvalue weighted by Gasteiger charge is -2.19. The number of nitrogens with zero attached hydrogens (tertiary/aromatic N) is 4. The predicted octanol–water partition coefficient (Wildman–Crippen LogP) is 12.6. The molecule has 0 aliphatic carbocycles. The number of carbonyl (C=O) groups is 6. The number of hydrogen-bond donors (Lipinski definition) is 4. The van der Waals surface area contributed by atoms with Crippen LogP contribution < -0.4 is 21.3 Å². The first-order valence-electron chi connectivity index (χ1n) is 19.1. The van der Waals surface area contributed by atoms with Crippen LogP contribution in [0.3, 0.4) is 0 Å². The first-order valence-corrected chi connectivity index (χ1v) is 21.4. The van der Waals surface area contributed by atoms with Gasteiger partial charge in [0.15, 0.2) is 11.6 Å².